The minimum atomic E-state index is 0.519. The summed E-state index contributed by atoms with van der Waals surface area (Å²) in [7, 11) is 0. The van der Waals surface area contributed by atoms with Gasteiger partial charge in [-0.2, -0.15) is 0 Å². The molecule has 0 fully saturated rings. The summed E-state index contributed by atoms with van der Waals surface area (Å²) in [6.07, 6.45) is 5.54. The lowest BCUT2D eigenvalue weighted by atomic mass is 10.4. The number of aromatic nitrogens is 5. The van der Waals surface area contributed by atoms with Crippen LogP contribution >= 0.6 is 0 Å². The molecule has 0 aromatic carbocycles. The molecule has 0 aliphatic rings. The Hall–Kier alpha value is -1.65. The molecule has 2 heterocycles. The highest BCUT2D eigenvalue weighted by Gasteiger charge is 1.92. The summed E-state index contributed by atoms with van der Waals surface area (Å²) in [4.78, 5) is 7.40. The molecule has 2 aromatic rings. The van der Waals surface area contributed by atoms with Gasteiger partial charge in [-0.05, 0) is 5.21 Å². The zero-order valence-corrected chi connectivity index (χ0v) is 4.89. The van der Waals surface area contributed by atoms with E-state index in [9.17, 15) is 0 Å². The van der Waals surface area contributed by atoms with Crippen LogP contribution in [0.2, 0.25) is 0 Å². The molecule has 5 nitrogen and oxygen atoms in total. The lowest BCUT2D eigenvalue weighted by molar-refractivity contribution is 0.881. The van der Waals surface area contributed by atoms with Crippen LogP contribution in [0.3, 0.4) is 0 Å². The Morgan fingerprint density at radius 2 is 2.30 bits per heavy atom. The quantitative estimate of drug-likeness (QED) is 0.488. The standard InChI is InChI=1S/C5H2N5/c1-4-2-8-10-9-5(4)7-3-6-1/h1-2H. The van der Waals surface area contributed by atoms with E-state index in [0.717, 1.165) is 5.39 Å². The van der Waals surface area contributed by atoms with E-state index in [1.54, 1.807) is 12.4 Å². The van der Waals surface area contributed by atoms with Crippen LogP contribution in [-0.4, -0.2) is 25.4 Å². The Labute approximate surface area is 56.1 Å². The Balaban J connectivity index is 2.89. The van der Waals surface area contributed by atoms with Gasteiger partial charge in [0.25, 0.3) is 0 Å². The van der Waals surface area contributed by atoms with Crippen molar-refractivity contribution in [1.82, 2.24) is 25.4 Å². The molecular weight excluding hydrogens is 130 g/mol. The van der Waals surface area contributed by atoms with E-state index in [-0.39, 0.29) is 0 Å². The molecular formula is C5H2N5. The fourth-order valence-corrected chi connectivity index (χ4v) is 0.624. The zero-order chi connectivity index (χ0) is 6.81. The van der Waals surface area contributed by atoms with Crippen molar-refractivity contribution in [3.05, 3.63) is 18.7 Å². The lowest BCUT2D eigenvalue weighted by Gasteiger charge is -1.87. The topological polar surface area (TPSA) is 64.5 Å². The minimum Gasteiger partial charge on any atom is -0.233 e. The molecule has 5 heteroatoms. The average molecular weight is 132 g/mol. The first-order valence-corrected chi connectivity index (χ1v) is 2.64. The number of hydrogen-bond donors (Lipinski definition) is 0. The van der Waals surface area contributed by atoms with Gasteiger partial charge in [-0.3, -0.25) is 0 Å². The second-order valence-electron chi connectivity index (χ2n) is 1.68. The van der Waals surface area contributed by atoms with Crippen LogP contribution in [0.1, 0.15) is 0 Å². The monoisotopic (exact) mass is 132 g/mol. The largest absolute Gasteiger partial charge is 0.233 e. The highest BCUT2D eigenvalue weighted by atomic mass is 15.3. The molecule has 47 valence electrons. The molecule has 0 saturated heterocycles. The van der Waals surface area contributed by atoms with Gasteiger partial charge in [-0.15, -0.1) is 10.2 Å². The van der Waals surface area contributed by atoms with Crippen LogP contribution in [0.5, 0.6) is 0 Å². The summed E-state index contributed by atoms with van der Waals surface area (Å²) in [5.74, 6) is 0. The predicted molar refractivity (Wildman–Crippen MR) is 31.8 cm³/mol. The first kappa shape index (κ1) is 5.16. The van der Waals surface area contributed by atoms with Crippen molar-refractivity contribution in [2.45, 2.75) is 0 Å². The Kier molecular flexibility index (Phi) is 1.00. The van der Waals surface area contributed by atoms with Crippen LogP contribution in [0.4, 0.5) is 0 Å². The first-order chi connectivity index (χ1) is 4.97. The Morgan fingerprint density at radius 1 is 1.30 bits per heavy atom. The summed E-state index contributed by atoms with van der Waals surface area (Å²) in [6.45, 7) is 0. The fraction of sp³-hybridized carbons (Fsp3) is 0. The maximum absolute atomic E-state index is 3.73. The average Bonchev–Trinajstić information content (AvgIpc) is 2.05. The van der Waals surface area contributed by atoms with Crippen LogP contribution in [-0.2, 0) is 0 Å². The van der Waals surface area contributed by atoms with Crippen LogP contribution in [0.25, 0.3) is 11.0 Å². The van der Waals surface area contributed by atoms with Gasteiger partial charge in [0, 0.05) is 6.20 Å². The van der Waals surface area contributed by atoms with E-state index in [4.69, 9.17) is 0 Å². The molecule has 2 rings (SSSR count). The summed E-state index contributed by atoms with van der Waals surface area (Å²) in [5, 5.41) is 11.4. The van der Waals surface area contributed by atoms with Gasteiger partial charge in [-0.25, -0.2) is 9.97 Å². The third-order valence-electron chi connectivity index (χ3n) is 1.06. The molecule has 0 aliphatic heterocycles. The number of rotatable bonds is 0. The van der Waals surface area contributed by atoms with Gasteiger partial charge >= 0.3 is 0 Å². The number of nitrogens with zero attached hydrogens (tertiary/aromatic N) is 5. The molecule has 0 aliphatic carbocycles. The van der Waals surface area contributed by atoms with Crippen molar-refractivity contribution >= 4 is 11.0 Å². The van der Waals surface area contributed by atoms with Gasteiger partial charge in [0.05, 0.1) is 11.6 Å². The highest BCUT2D eigenvalue weighted by Crippen LogP contribution is 1.98. The minimum absolute atomic E-state index is 0.519. The second-order valence-corrected chi connectivity index (χ2v) is 1.68. The number of fused-ring (bicyclic) bond motifs is 1. The maximum atomic E-state index is 3.73. The molecule has 0 N–H and O–H groups in total. The van der Waals surface area contributed by atoms with E-state index >= 15 is 0 Å². The lowest BCUT2D eigenvalue weighted by Crippen LogP contribution is -1.90. The summed E-state index contributed by atoms with van der Waals surface area (Å²) >= 11 is 0. The third-order valence-corrected chi connectivity index (χ3v) is 1.06. The maximum Gasteiger partial charge on any atom is 0.199 e. The summed E-state index contributed by atoms with van der Waals surface area (Å²) in [5.41, 5.74) is 0.519. The van der Waals surface area contributed by atoms with E-state index in [2.05, 4.69) is 31.7 Å². The smallest absolute Gasteiger partial charge is 0.199 e. The first-order valence-electron chi connectivity index (χ1n) is 2.64. The zero-order valence-electron chi connectivity index (χ0n) is 4.89. The molecule has 0 unspecified atom stereocenters. The van der Waals surface area contributed by atoms with Crippen molar-refractivity contribution in [2.75, 3.05) is 0 Å². The fourth-order valence-electron chi connectivity index (χ4n) is 0.624. The third kappa shape index (κ3) is 0.680. The predicted octanol–water partition coefficient (Wildman–Crippen LogP) is -0.385. The Bertz CT molecular complexity index is 281. The van der Waals surface area contributed by atoms with E-state index in [1.165, 1.54) is 0 Å². The van der Waals surface area contributed by atoms with Crippen molar-refractivity contribution in [2.24, 2.45) is 0 Å². The highest BCUT2D eigenvalue weighted by molar-refractivity contribution is 5.70. The van der Waals surface area contributed by atoms with Gasteiger partial charge in [0.1, 0.15) is 0 Å². The van der Waals surface area contributed by atoms with Gasteiger partial charge in [0.15, 0.2) is 12.0 Å². The molecule has 10 heavy (non-hydrogen) atoms. The molecule has 0 bridgehead atoms. The second kappa shape index (κ2) is 1.94. The molecule has 0 amide bonds. The van der Waals surface area contributed by atoms with E-state index in [0.29, 0.717) is 5.65 Å². The van der Waals surface area contributed by atoms with Crippen molar-refractivity contribution in [3.63, 3.8) is 0 Å². The van der Waals surface area contributed by atoms with Gasteiger partial charge in [-0.1, -0.05) is 0 Å². The van der Waals surface area contributed by atoms with Crippen molar-refractivity contribution in [1.29, 1.82) is 0 Å². The SMILES string of the molecule is [c]1ncc2cnnnc2n1. The molecule has 0 saturated carbocycles. The van der Waals surface area contributed by atoms with Crippen LogP contribution in [0.15, 0.2) is 12.4 Å². The molecule has 0 spiro atoms. The molecule has 0 atom stereocenters. The normalized spacial score (nSPS) is 10.0. The molecule has 1 radical (unpaired) electrons. The van der Waals surface area contributed by atoms with Crippen LogP contribution < -0.4 is 0 Å². The van der Waals surface area contributed by atoms with E-state index < -0.39 is 0 Å². The van der Waals surface area contributed by atoms with E-state index in [1.807, 2.05) is 0 Å². The van der Waals surface area contributed by atoms with Crippen molar-refractivity contribution < 1.29 is 0 Å². The Morgan fingerprint density at radius 3 is 3.20 bits per heavy atom. The van der Waals surface area contributed by atoms with Crippen molar-refractivity contribution in [3.8, 4) is 0 Å². The summed E-state index contributed by atoms with van der Waals surface area (Å²) in [6, 6.07) is 0. The molecule has 2 aromatic heterocycles. The van der Waals surface area contributed by atoms with Gasteiger partial charge < -0.3 is 0 Å². The van der Waals surface area contributed by atoms with Gasteiger partial charge in [0.2, 0.25) is 0 Å². The number of hydrogen-bond acceptors (Lipinski definition) is 5. The van der Waals surface area contributed by atoms with Crippen LogP contribution in [0, 0.1) is 6.33 Å². The summed E-state index contributed by atoms with van der Waals surface area (Å²) < 4.78 is 0.